The molecule has 0 spiro atoms. The maximum atomic E-state index is 12.2. The topological polar surface area (TPSA) is 71.2 Å². The number of nitrogens with one attached hydrogen (secondary N) is 1. The van der Waals surface area contributed by atoms with Crippen molar-refractivity contribution < 1.29 is 4.79 Å². The van der Waals surface area contributed by atoms with Crippen LogP contribution >= 0.6 is 36.2 Å². The highest BCUT2D eigenvalue weighted by Crippen LogP contribution is 2.19. The van der Waals surface area contributed by atoms with E-state index in [1.165, 1.54) is 42.7 Å². The summed E-state index contributed by atoms with van der Waals surface area (Å²) in [6.45, 7) is 5.59. The number of nitrogens with two attached hydrogens (primary N) is 1. The molecule has 1 fully saturated rings. The van der Waals surface area contributed by atoms with Crippen LogP contribution in [0.25, 0.3) is 0 Å². The van der Waals surface area contributed by atoms with Gasteiger partial charge in [-0.3, -0.25) is 9.69 Å². The Morgan fingerprint density at radius 1 is 1.25 bits per heavy atom. The third-order valence-corrected chi connectivity index (χ3v) is 5.85. The zero-order valence-electron chi connectivity index (χ0n) is 16.2. The third-order valence-electron chi connectivity index (χ3n) is 4.94. The van der Waals surface area contributed by atoms with Crippen LogP contribution < -0.4 is 11.1 Å². The Morgan fingerprint density at radius 3 is 2.64 bits per heavy atom. The van der Waals surface area contributed by atoms with E-state index in [1.807, 2.05) is 0 Å². The summed E-state index contributed by atoms with van der Waals surface area (Å²) in [6, 6.07) is 9.22. The standard InChI is InChI=1S/C20H28N4OS.2ClH/c1-15-4-2-3-11-24(15)13-17-7-5-16(6-8-17)12-22-20(25)18-14-26-19(23-18)9-10-21;;/h5-8,14-15H,2-4,9-13,21H2,1H3,(H,22,25);2*1H. The van der Waals surface area contributed by atoms with Crippen molar-refractivity contribution in [3.05, 3.63) is 51.5 Å². The van der Waals surface area contributed by atoms with Gasteiger partial charge in [0.05, 0.1) is 5.01 Å². The molecule has 5 nitrogen and oxygen atoms in total. The SMILES string of the molecule is CC1CCCCN1Cc1ccc(CNC(=O)c2csc(CCN)n2)cc1.Cl.Cl. The molecule has 156 valence electrons. The van der Waals surface area contributed by atoms with Crippen molar-refractivity contribution in [3.63, 3.8) is 0 Å². The average Bonchev–Trinajstić information content (AvgIpc) is 3.12. The summed E-state index contributed by atoms with van der Waals surface area (Å²) in [7, 11) is 0. The Morgan fingerprint density at radius 2 is 1.96 bits per heavy atom. The van der Waals surface area contributed by atoms with Crippen molar-refractivity contribution in [1.29, 1.82) is 0 Å². The number of amides is 1. The van der Waals surface area contributed by atoms with Gasteiger partial charge in [0.25, 0.3) is 5.91 Å². The molecule has 1 unspecified atom stereocenters. The normalized spacial score (nSPS) is 16.7. The van der Waals surface area contributed by atoms with Crippen molar-refractivity contribution in [3.8, 4) is 0 Å². The Kier molecular flexibility index (Phi) is 11.0. The van der Waals surface area contributed by atoms with Crippen molar-refractivity contribution in [1.82, 2.24) is 15.2 Å². The van der Waals surface area contributed by atoms with E-state index in [0.29, 0.717) is 24.8 Å². The molecular formula is C20H30Cl2N4OS. The maximum Gasteiger partial charge on any atom is 0.271 e. The van der Waals surface area contributed by atoms with E-state index in [9.17, 15) is 4.79 Å². The fourth-order valence-corrected chi connectivity index (χ4v) is 4.11. The van der Waals surface area contributed by atoms with E-state index in [2.05, 4.69) is 46.4 Å². The molecule has 28 heavy (non-hydrogen) atoms. The van der Waals surface area contributed by atoms with Crippen LogP contribution in [0.3, 0.4) is 0 Å². The maximum absolute atomic E-state index is 12.2. The Bertz CT molecular complexity index is 723. The monoisotopic (exact) mass is 444 g/mol. The molecule has 1 atom stereocenters. The molecule has 1 aromatic heterocycles. The second kappa shape index (κ2) is 12.4. The molecule has 0 radical (unpaired) electrons. The van der Waals surface area contributed by atoms with Crippen molar-refractivity contribution in [2.45, 2.75) is 51.7 Å². The first-order valence-electron chi connectivity index (χ1n) is 9.40. The lowest BCUT2D eigenvalue weighted by molar-refractivity contribution is 0.0946. The number of rotatable bonds is 7. The van der Waals surface area contributed by atoms with Crippen LogP contribution in [0.4, 0.5) is 0 Å². The fourth-order valence-electron chi connectivity index (χ4n) is 3.32. The van der Waals surface area contributed by atoms with Gasteiger partial charge in [0.2, 0.25) is 0 Å². The summed E-state index contributed by atoms with van der Waals surface area (Å²) >= 11 is 1.49. The number of hydrogen-bond acceptors (Lipinski definition) is 5. The number of thiazole rings is 1. The first-order valence-corrected chi connectivity index (χ1v) is 10.3. The van der Waals surface area contributed by atoms with E-state index >= 15 is 0 Å². The summed E-state index contributed by atoms with van der Waals surface area (Å²) < 4.78 is 0. The second-order valence-corrected chi connectivity index (χ2v) is 7.92. The van der Waals surface area contributed by atoms with Gasteiger partial charge in [-0.25, -0.2) is 4.98 Å². The number of benzene rings is 1. The largest absolute Gasteiger partial charge is 0.347 e. The van der Waals surface area contributed by atoms with Gasteiger partial charge in [0.15, 0.2) is 0 Å². The number of halogens is 2. The minimum atomic E-state index is -0.129. The molecule has 1 amide bonds. The molecule has 1 saturated heterocycles. The predicted octanol–water partition coefficient (Wildman–Crippen LogP) is 3.79. The zero-order valence-corrected chi connectivity index (χ0v) is 18.7. The van der Waals surface area contributed by atoms with Gasteiger partial charge in [-0.2, -0.15) is 0 Å². The minimum Gasteiger partial charge on any atom is -0.347 e. The number of carbonyl (C=O) groups is 1. The number of piperidine rings is 1. The van der Waals surface area contributed by atoms with E-state index in [0.717, 1.165) is 23.5 Å². The Balaban J connectivity index is 0.00000196. The first-order chi connectivity index (χ1) is 12.7. The summed E-state index contributed by atoms with van der Waals surface area (Å²) in [5, 5.41) is 5.65. The molecule has 3 N–H and O–H groups in total. The number of hydrogen-bond donors (Lipinski definition) is 2. The average molecular weight is 445 g/mol. The van der Waals surface area contributed by atoms with Crippen LogP contribution in [0, 0.1) is 0 Å². The molecule has 1 aliphatic rings. The summed E-state index contributed by atoms with van der Waals surface area (Å²) in [5.41, 5.74) is 8.44. The van der Waals surface area contributed by atoms with Gasteiger partial charge in [0, 0.05) is 30.9 Å². The van der Waals surface area contributed by atoms with Crippen molar-refractivity contribution in [2.24, 2.45) is 5.73 Å². The van der Waals surface area contributed by atoms with Gasteiger partial charge < -0.3 is 11.1 Å². The van der Waals surface area contributed by atoms with Crippen LogP contribution in [-0.4, -0.2) is 34.9 Å². The number of nitrogens with zero attached hydrogens (tertiary/aromatic N) is 2. The van der Waals surface area contributed by atoms with Crippen LogP contribution in [-0.2, 0) is 19.5 Å². The lowest BCUT2D eigenvalue weighted by Crippen LogP contribution is -2.36. The van der Waals surface area contributed by atoms with Crippen LogP contribution in [0.5, 0.6) is 0 Å². The number of carbonyl (C=O) groups excluding carboxylic acids is 1. The Labute approximate surface area is 183 Å². The molecule has 2 heterocycles. The van der Waals surface area contributed by atoms with Crippen LogP contribution in [0.1, 0.15) is 52.8 Å². The molecule has 1 aliphatic heterocycles. The molecule has 0 bridgehead atoms. The zero-order chi connectivity index (χ0) is 18.4. The third kappa shape index (κ3) is 7.01. The lowest BCUT2D eigenvalue weighted by atomic mass is 10.0. The quantitative estimate of drug-likeness (QED) is 0.680. The molecule has 0 aliphatic carbocycles. The number of likely N-dealkylation sites (tertiary alicyclic amines) is 1. The highest BCUT2D eigenvalue weighted by atomic mass is 35.5. The smallest absolute Gasteiger partial charge is 0.271 e. The lowest BCUT2D eigenvalue weighted by Gasteiger charge is -2.33. The second-order valence-electron chi connectivity index (χ2n) is 6.98. The van der Waals surface area contributed by atoms with E-state index < -0.39 is 0 Å². The van der Waals surface area contributed by atoms with Gasteiger partial charge in [-0.1, -0.05) is 30.7 Å². The summed E-state index contributed by atoms with van der Waals surface area (Å²) in [6.07, 6.45) is 4.67. The molecule has 2 aromatic rings. The minimum absolute atomic E-state index is 0. The van der Waals surface area contributed by atoms with E-state index in [-0.39, 0.29) is 30.7 Å². The molecular weight excluding hydrogens is 415 g/mol. The highest BCUT2D eigenvalue weighted by molar-refractivity contribution is 7.09. The number of aromatic nitrogens is 1. The predicted molar refractivity (Wildman–Crippen MR) is 121 cm³/mol. The fraction of sp³-hybridized carbons (Fsp3) is 0.500. The van der Waals surface area contributed by atoms with Gasteiger partial charge in [0.1, 0.15) is 5.69 Å². The highest BCUT2D eigenvalue weighted by Gasteiger charge is 2.18. The Hall–Kier alpha value is -1.18. The molecule has 8 heteroatoms. The van der Waals surface area contributed by atoms with Gasteiger partial charge in [-0.05, 0) is 44.0 Å². The van der Waals surface area contributed by atoms with Crippen LogP contribution in [0.2, 0.25) is 0 Å². The first kappa shape index (κ1) is 24.9. The van der Waals surface area contributed by atoms with Gasteiger partial charge >= 0.3 is 0 Å². The molecule has 3 rings (SSSR count). The van der Waals surface area contributed by atoms with Crippen molar-refractivity contribution >= 4 is 42.1 Å². The van der Waals surface area contributed by atoms with Crippen LogP contribution in [0.15, 0.2) is 29.6 Å². The molecule has 1 aromatic carbocycles. The molecule has 0 saturated carbocycles. The summed E-state index contributed by atoms with van der Waals surface area (Å²) in [4.78, 5) is 19.1. The summed E-state index contributed by atoms with van der Waals surface area (Å²) in [5.74, 6) is -0.129. The van der Waals surface area contributed by atoms with Crippen molar-refractivity contribution in [2.75, 3.05) is 13.1 Å². The van der Waals surface area contributed by atoms with Gasteiger partial charge in [-0.15, -0.1) is 36.2 Å². The van der Waals surface area contributed by atoms with E-state index in [4.69, 9.17) is 5.73 Å². The van der Waals surface area contributed by atoms with E-state index in [1.54, 1.807) is 5.38 Å².